The molecule has 1 saturated carbocycles. The molecule has 0 spiro atoms. The Balaban J connectivity index is 2.51. The highest BCUT2D eigenvalue weighted by Crippen LogP contribution is 2.70. The van der Waals surface area contributed by atoms with Crippen molar-refractivity contribution in [3.63, 3.8) is 0 Å². The second kappa shape index (κ2) is 4.14. The number of hydrogen-bond donors (Lipinski definition) is 0. The highest BCUT2D eigenvalue weighted by molar-refractivity contribution is 6.51. The van der Waals surface area contributed by atoms with Crippen molar-refractivity contribution in [2.45, 2.75) is 51.0 Å². The monoisotopic (exact) mass is 252 g/mol. The first kappa shape index (κ1) is 13.1. The Morgan fingerprint density at radius 1 is 1.47 bits per heavy atom. The third-order valence-electron chi connectivity index (χ3n) is 3.18. The molecule has 0 saturated heterocycles. The Labute approximate surface area is 101 Å². The van der Waals surface area contributed by atoms with E-state index in [4.69, 9.17) is 27.9 Å². The van der Waals surface area contributed by atoms with Gasteiger partial charge in [-0.2, -0.15) is 0 Å². The van der Waals surface area contributed by atoms with Gasteiger partial charge in [-0.1, -0.05) is 20.8 Å². The van der Waals surface area contributed by atoms with Crippen LogP contribution >= 0.6 is 23.2 Å². The minimum atomic E-state index is -0.765. The SMILES string of the molecule is CCCC(=O)O[C@H](C)[C@H]1C(C)(C)C1(Cl)Cl. The van der Waals surface area contributed by atoms with Crippen molar-refractivity contribution in [2.75, 3.05) is 0 Å². The lowest BCUT2D eigenvalue weighted by atomic mass is 10.1. The van der Waals surface area contributed by atoms with Gasteiger partial charge in [-0.3, -0.25) is 4.79 Å². The van der Waals surface area contributed by atoms with Gasteiger partial charge < -0.3 is 4.74 Å². The number of rotatable bonds is 4. The van der Waals surface area contributed by atoms with Crippen molar-refractivity contribution >= 4 is 29.2 Å². The lowest BCUT2D eigenvalue weighted by Crippen LogP contribution is -2.19. The van der Waals surface area contributed by atoms with Crippen molar-refractivity contribution in [2.24, 2.45) is 11.3 Å². The maximum absolute atomic E-state index is 11.3. The molecule has 88 valence electrons. The van der Waals surface area contributed by atoms with E-state index in [1.807, 2.05) is 27.7 Å². The molecule has 0 aromatic rings. The Morgan fingerprint density at radius 3 is 2.27 bits per heavy atom. The van der Waals surface area contributed by atoms with Crippen molar-refractivity contribution in [3.8, 4) is 0 Å². The van der Waals surface area contributed by atoms with Crippen molar-refractivity contribution < 1.29 is 9.53 Å². The predicted octanol–water partition coefficient (Wildman–Crippen LogP) is 3.55. The number of halogens is 2. The van der Waals surface area contributed by atoms with Gasteiger partial charge in [0.25, 0.3) is 0 Å². The van der Waals surface area contributed by atoms with Gasteiger partial charge in [0, 0.05) is 17.8 Å². The van der Waals surface area contributed by atoms with Crippen LogP contribution in [-0.2, 0) is 9.53 Å². The molecule has 0 N–H and O–H groups in total. The number of alkyl halides is 2. The smallest absolute Gasteiger partial charge is 0.306 e. The van der Waals surface area contributed by atoms with Crippen LogP contribution in [0.4, 0.5) is 0 Å². The summed E-state index contributed by atoms with van der Waals surface area (Å²) in [5, 5.41) is 0. The molecular formula is C11H18Cl2O2. The zero-order valence-corrected chi connectivity index (χ0v) is 11.2. The predicted molar refractivity (Wildman–Crippen MR) is 62.2 cm³/mol. The lowest BCUT2D eigenvalue weighted by Gasteiger charge is -2.13. The van der Waals surface area contributed by atoms with Gasteiger partial charge in [0.1, 0.15) is 10.4 Å². The van der Waals surface area contributed by atoms with Crippen LogP contribution in [0.5, 0.6) is 0 Å². The maximum Gasteiger partial charge on any atom is 0.306 e. The highest BCUT2D eigenvalue weighted by Gasteiger charge is 2.72. The second-order valence-corrected chi connectivity index (χ2v) is 6.15. The molecule has 1 aliphatic carbocycles. The van der Waals surface area contributed by atoms with Gasteiger partial charge in [-0.25, -0.2) is 0 Å². The molecule has 0 aromatic heterocycles. The fourth-order valence-electron chi connectivity index (χ4n) is 2.11. The van der Waals surface area contributed by atoms with Crippen LogP contribution in [0.25, 0.3) is 0 Å². The molecule has 0 amide bonds. The van der Waals surface area contributed by atoms with E-state index in [0.29, 0.717) is 6.42 Å². The Kier molecular flexibility index (Phi) is 3.62. The van der Waals surface area contributed by atoms with Gasteiger partial charge in [0.05, 0.1) is 0 Å². The van der Waals surface area contributed by atoms with Crippen LogP contribution < -0.4 is 0 Å². The largest absolute Gasteiger partial charge is 0.462 e. The van der Waals surface area contributed by atoms with Gasteiger partial charge in [0.15, 0.2) is 0 Å². The zero-order valence-electron chi connectivity index (χ0n) is 9.64. The van der Waals surface area contributed by atoms with Crippen molar-refractivity contribution in [3.05, 3.63) is 0 Å². The zero-order chi connectivity index (χ0) is 11.9. The van der Waals surface area contributed by atoms with Gasteiger partial charge in [-0.05, 0) is 13.3 Å². The summed E-state index contributed by atoms with van der Waals surface area (Å²) in [6, 6.07) is 0. The highest BCUT2D eigenvalue weighted by atomic mass is 35.5. The molecule has 0 bridgehead atoms. The van der Waals surface area contributed by atoms with Gasteiger partial charge in [0.2, 0.25) is 0 Å². The molecule has 1 rings (SSSR count). The minimum Gasteiger partial charge on any atom is -0.462 e. The second-order valence-electron chi connectivity index (χ2n) is 4.77. The normalized spacial score (nSPS) is 28.3. The summed E-state index contributed by atoms with van der Waals surface area (Å²) in [6.45, 7) is 7.77. The molecule has 1 fully saturated rings. The molecule has 2 atom stereocenters. The van der Waals surface area contributed by atoms with E-state index in [-0.39, 0.29) is 23.4 Å². The van der Waals surface area contributed by atoms with E-state index >= 15 is 0 Å². The van der Waals surface area contributed by atoms with Gasteiger partial charge in [-0.15, -0.1) is 23.2 Å². The first-order valence-electron chi connectivity index (χ1n) is 5.32. The molecule has 0 heterocycles. The van der Waals surface area contributed by atoms with Crippen molar-refractivity contribution in [1.29, 1.82) is 0 Å². The van der Waals surface area contributed by atoms with E-state index < -0.39 is 4.33 Å². The third-order valence-corrected chi connectivity index (χ3v) is 4.63. The third kappa shape index (κ3) is 2.26. The quantitative estimate of drug-likeness (QED) is 0.565. The first-order valence-corrected chi connectivity index (χ1v) is 6.08. The topological polar surface area (TPSA) is 26.3 Å². The number of hydrogen-bond acceptors (Lipinski definition) is 2. The average molecular weight is 253 g/mol. The van der Waals surface area contributed by atoms with Crippen LogP contribution in [0.1, 0.15) is 40.5 Å². The molecule has 4 heteroatoms. The minimum absolute atomic E-state index is 0.0224. The maximum atomic E-state index is 11.3. The van der Waals surface area contributed by atoms with E-state index in [1.165, 1.54) is 0 Å². The van der Waals surface area contributed by atoms with Crippen LogP contribution in [-0.4, -0.2) is 16.4 Å². The summed E-state index contributed by atoms with van der Waals surface area (Å²) in [5.41, 5.74) is -0.179. The first-order chi connectivity index (χ1) is 6.75. The number of carbonyl (C=O) groups is 1. The molecule has 0 aromatic carbocycles. The van der Waals surface area contributed by atoms with Crippen LogP contribution in [0.3, 0.4) is 0 Å². The summed E-state index contributed by atoms with van der Waals surface area (Å²) in [6.07, 6.45) is 1.04. The summed E-state index contributed by atoms with van der Waals surface area (Å²) >= 11 is 12.3. The average Bonchev–Trinajstić information content (AvgIpc) is 2.42. The molecular weight excluding hydrogens is 235 g/mol. The standard InChI is InChI=1S/C11H18Cl2O2/c1-5-6-8(14)15-7(2)9-10(3,4)11(9,12)13/h7,9H,5-6H2,1-4H3/t7-,9+/m1/s1. The van der Waals surface area contributed by atoms with Crippen LogP contribution in [0.15, 0.2) is 0 Å². The van der Waals surface area contributed by atoms with Crippen LogP contribution in [0, 0.1) is 11.3 Å². The van der Waals surface area contributed by atoms with Crippen LogP contribution in [0.2, 0.25) is 0 Å². The molecule has 2 nitrogen and oxygen atoms in total. The fourth-order valence-corrected chi connectivity index (χ4v) is 3.14. The number of esters is 1. The van der Waals surface area contributed by atoms with E-state index in [9.17, 15) is 4.79 Å². The summed E-state index contributed by atoms with van der Waals surface area (Å²) in [4.78, 5) is 11.3. The van der Waals surface area contributed by atoms with E-state index in [1.54, 1.807) is 0 Å². The number of ether oxygens (including phenoxy) is 1. The lowest BCUT2D eigenvalue weighted by molar-refractivity contribution is -0.149. The van der Waals surface area contributed by atoms with E-state index in [0.717, 1.165) is 6.42 Å². The van der Waals surface area contributed by atoms with Crippen molar-refractivity contribution in [1.82, 2.24) is 0 Å². The summed E-state index contributed by atoms with van der Waals surface area (Å²) < 4.78 is 4.51. The summed E-state index contributed by atoms with van der Waals surface area (Å²) in [5.74, 6) is -0.147. The molecule has 0 radical (unpaired) electrons. The van der Waals surface area contributed by atoms with E-state index in [2.05, 4.69) is 0 Å². The Morgan fingerprint density at radius 2 is 1.93 bits per heavy atom. The Hall–Kier alpha value is 0.0500. The molecule has 0 unspecified atom stereocenters. The molecule has 0 aliphatic heterocycles. The molecule has 1 aliphatic rings. The number of carbonyl (C=O) groups excluding carboxylic acids is 1. The van der Waals surface area contributed by atoms with Gasteiger partial charge >= 0.3 is 5.97 Å². The Bertz CT molecular complexity index is 247. The molecule has 15 heavy (non-hydrogen) atoms. The summed E-state index contributed by atoms with van der Waals surface area (Å²) in [7, 11) is 0. The fraction of sp³-hybridized carbons (Fsp3) is 0.909.